The average molecular weight is 423 g/mol. The number of aryl methyl sites for hydroxylation is 1. The summed E-state index contributed by atoms with van der Waals surface area (Å²) in [5.74, 6) is 1.44. The van der Waals surface area contributed by atoms with Crippen LogP contribution in [0.3, 0.4) is 0 Å². The van der Waals surface area contributed by atoms with E-state index in [1.165, 1.54) is 13.2 Å². The van der Waals surface area contributed by atoms with Crippen LogP contribution in [0.2, 0.25) is 0 Å². The minimum absolute atomic E-state index is 0.0449. The summed E-state index contributed by atoms with van der Waals surface area (Å²) in [6.45, 7) is 1.79. The van der Waals surface area contributed by atoms with Crippen molar-refractivity contribution in [2.24, 2.45) is 0 Å². The van der Waals surface area contributed by atoms with Crippen molar-refractivity contribution in [1.82, 2.24) is 15.2 Å². The van der Waals surface area contributed by atoms with Crippen LogP contribution in [0.25, 0.3) is 11.4 Å². The minimum atomic E-state index is -3.83. The van der Waals surface area contributed by atoms with Gasteiger partial charge in [0, 0.05) is 15.7 Å². The molecule has 0 radical (unpaired) electrons. The third-order valence-corrected chi connectivity index (χ3v) is 5.28. The second kappa shape index (κ2) is 6.85. The summed E-state index contributed by atoms with van der Waals surface area (Å²) < 4.78 is 33.8. The van der Waals surface area contributed by atoms with Crippen LogP contribution in [0.5, 0.6) is 5.75 Å². The molecule has 0 amide bonds. The molecule has 0 aliphatic heterocycles. The monoisotopic (exact) mass is 422 g/mol. The number of hydrogen-bond acceptors (Lipinski definition) is 5. The summed E-state index contributed by atoms with van der Waals surface area (Å²) in [4.78, 5) is 4.29. The van der Waals surface area contributed by atoms with Crippen molar-refractivity contribution in [3.8, 4) is 17.1 Å². The number of halogens is 1. The first-order chi connectivity index (χ1) is 11.9. The number of ether oxygens (including phenoxy) is 1. The molecule has 1 heterocycles. The summed E-state index contributed by atoms with van der Waals surface area (Å²) in [6, 6.07) is 11.7. The number of benzene rings is 2. The Labute approximate surface area is 153 Å². The zero-order valence-electron chi connectivity index (χ0n) is 13.4. The lowest BCUT2D eigenvalue weighted by molar-refractivity contribution is 0.403. The number of rotatable bonds is 5. The quantitative estimate of drug-likeness (QED) is 0.656. The van der Waals surface area contributed by atoms with Gasteiger partial charge < -0.3 is 4.74 Å². The molecule has 130 valence electrons. The molecule has 0 atom stereocenters. The van der Waals surface area contributed by atoms with E-state index in [0.717, 1.165) is 0 Å². The van der Waals surface area contributed by atoms with Gasteiger partial charge in [-0.05, 0) is 37.3 Å². The van der Waals surface area contributed by atoms with Crippen LogP contribution in [0, 0.1) is 6.92 Å². The Bertz CT molecular complexity index is 1020. The smallest absolute Gasteiger partial charge is 0.265 e. The maximum Gasteiger partial charge on any atom is 0.265 e. The van der Waals surface area contributed by atoms with Gasteiger partial charge in [-0.15, -0.1) is 0 Å². The van der Waals surface area contributed by atoms with Crippen molar-refractivity contribution in [2.45, 2.75) is 11.8 Å². The molecule has 3 aromatic rings. The van der Waals surface area contributed by atoms with Gasteiger partial charge >= 0.3 is 0 Å². The van der Waals surface area contributed by atoms with E-state index in [0.29, 0.717) is 27.4 Å². The van der Waals surface area contributed by atoms with E-state index < -0.39 is 10.0 Å². The molecule has 0 saturated carbocycles. The molecule has 2 N–H and O–H groups in total. The van der Waals surface area contributed by atoms with Gasteiger partial charge in [0.05, 0.1) is 7.11 Å². The highest BCUT2D eigenvalue weighted by Gasteiger charge is 2.20. The topological polar surface area (TPSA) is 97.0 Å². The standard InChI is InChI=1S/C16H15BrN4O3S/c1-10-18-16(20-19-10)11-4-3-5-13(8-11)21-25(22,23)15-9-12(17)6-7-14(15)24-2/h3-9,21H,1-2H3,(H,18,19,20). The Morgan fingerprint density at radius 3 is 2.68 bits per heavy atom. The van der Waals surface area contributed by atoms with Crippen molar-refractivity contribution in [3.63, 3.8) is 0 Å². The number of anilines is 1. The Morgan fingerprint density at radius 2 is 2.00 bits per heavy atom. The lowest BCUT2D eigenvalue weighted by atomic mass is 10.2. The SMILES string of the molecule is COc1ccc(Br)cc1S(=O)(=O)Nc1cccc(-c2n[nH]c(C)n2)c1. The van der Waals surface area contributed by atoms with Crippen LogP contribution in [0.15, 0.2) is 51.8 Å². The Hall–Kier alpha value is -2.39. The van der Waals surface area contributed by atoms with Crippen molar-refractivity contribution in [2.75, 3.05) is 11.8 Å². The summed E-state index contributed by atoms with van der Waals surface area (Å²) in [7, 11) is -2.40. The lowest BCUT2D eigenvalue weighted by Gasteiger charge is -2.12. The van der Waals surface area contributed by atoms with Gasteiger partial charge in [-0.25, -0.2) is 13.4 Å². The molecule has 25 heavy (non-hydrogen) atoms. The number of aromatic amines is 1. The normalized spacial score (nSPS) is 11.3. The predicted molar refractivity (Wildman–Crippen MR) is 98.1 cm³/mol. The second-order valence-electron chi connectivity index (χ2n) is 5.23. The second-order valence-corrected chi connectivity index (χ2v) is 7.79. The summed E-state index contributed by atoms with van der Waals surface area (Å²) in [5.41, 5.74) is 1.10. The maximum atomic E-state index is 12.7. The summed E-state index contributed by atoms with van der Waals surface area (Å²) in [6.07, 6.45) is 0. The van der Waals surface area contributed by atoms with Gasteiger partial charge in [-0.2, -0.15) is 5.10 Å². The zero-order valence-corrected chi connectivity index (χ0v) is 15.8. The van der Waals surface area contributed by atoms with Crippen LogP contribution in [-0.4, -0.2) is 30.7 Å². The van der Waals surface area contributed by atoms with E-state index in [-0.39, 0.29) is 10.6 Å². The van der Waals surface area contributed by atoms with Crippen molar-refractivity contribution >= 4 is 31.6 Å². The van der Waals surface area contributed by atoms with E-state index in [9.17, 15) is 8.42 Å². The molecule has 0 spiro atoms. The molecule has 0 aliphatic rings. The fourth-order valence-corrected chi connectivity index (χ4v) is 4.02. The Morgan fingerprint density at radius 1 is 1.20 bits per heavy atom. The predicted octanol–water partition coefficient (Wildman–Crippen LogP) is 3.35. The zero-order chi connectivity index (χ0) is 18.0. The third-order valence-electron chi connectivity index (χ3n) is 3.39. The highest BCUT2D eigenvalue weighted by molar-refractivity contribution is 9.10. The lowest BCUT2D eigenvalue weighted by Crippen LogP contribution is -2.14. The number of hydrogen-bond donors (Lipinski definition) is 2. The molecule has 0 unspecified atom stereocenters. The molecule has 3 rings (SSSR count). The van der Waals surface area contributed by atoms with E-state index in [4.69, 9.17) is 4.74 Å². The first-order valence-corrected chi connectivity index (χ1v) is 9.52. The average Bonchev–Trinajstić information content (AvgIpc) is 3.01. The van der Waals surface area contributed by atoms with Crippen molar-refractivity contribution in [1.29, 1.82) is 0 Å². The van der Waals surface area contributed by atoms with Crippen LogP contribution in [-0.2, 0) is 10.0 Å². The number of methoxy groups -OCH3 is 1. The molecule has 1 aromatic heterocycles. The fourth-order valence-electron chi connectivity index (χ4n) is 2.26. The molecule has 0 fully saturated rings. The van der Waals surface area contributed by atoms with Gasteiger partial charge in [0.1, 0.15) is 16.5 Å². The van der Waals surface area contributed by atoms with E-state index in [1.807, 2.05) is 0 Å². The van der Waals surface area contributed by atoms with E-state index in [2.05, 4.69) is 35.8 Å². The minimum Gasteiger partial charge on any atom is -0.495 e. The van der Waals surface area contributed by atoms with Gasteiger partial charge in [0.2, 0.25) is 0 Å². The van der Waals surface area contributed by atoms with Gasteiger partial charge in [0.25, 0.3) is 10.0 Å². The van der Waals surface area contributed by atoms with Crippen molar-refractivity contribution in [3.05, 3.63) is 52.8 Å². The molecule has 0 bridgehead atoms. The van der Waals surface area contributed by atoms with Crippen LogP contribution in [0.1, 0.15) is 5.82 Å². The van der Waals surface area contributed by atoms with Crippen LogP contribution >= 0.6 is 15.9 Å². The molecule has 0 aliphatic carbocycles. The van der Waals surface area contributed by atoms with Gasteiger partial charge in [0.15, 0.2) is 5.82 Å². The van der Waals surface area contributed by atoms with Crippen LogP contribution in [0.4, 0.5) is 5.69 Å². The first-order valence-electron chi connectivity index (χ1n) is 7.25. The highest BCUT2D eigenvalue weighted by Crippen LogP contribution is 2.29. The molecular weight excluding hydrogens is 408 g/mol. The van der Waals surface area contributed by atoms with E-state index in [1.54, 1.807) is 43.3 Å². The molecule has 7 nitrogen and oxygen atoms in total. The summed E-state index contributed by atoms with van der Waals surface area (Å²) >= 11 is 3.28. The molecule has 2 aromatic carbocycles. The Balaban J connectivity index is 1.95. The molecule has 0 saturated heterocycles. The van der Waals surface area contributed by atoms with E-state index >= 15 is 0 Å². The van der Waals surface area contributed by atoms with Gasteiger partial charge in [-0.3, -0.25) is 9.82 Å². The number of H-pyrrole nitrogens is 1. The Kier molecular flexibility index (Phi) is 4.78. The highest BCUT2D eigenvalue weighted by atomic mass is 79.9. The number of nitrogens with zero attached hydrogens (tertiary/aromatic N) is 2. The van der Waals surface area contributed by atoms with Crippen LogP contribution < -0.4 is 9.46 Å². The number of nitrogens with one attached hydrogen (secondary N) is 2. The number of aromatic nitrogens is 3. The van der Waals surface area contributed by atoms with Crippen molar-refractivity contribution < 1.29 is 13.2 Å². The van der Waals surface area contributed by atoms with Gasteiger partial charge in [-0.1, -0.05) is 28.1 Å². The largest absolute Gasteiger partial charge is 0.495 e. The number of sulfonamides is 1. The first kappa shape index (κ1) is 17.4. The maximum absolute atomic E-state index is 12.7. The summed E-state index contributed by atoms with van der Waals surface area (Å²) in [5, 5.41) is 6.84. The fraction of sp³-hybridized carbons (Fsp3) is 0.125. The third kappa shape index (κ3) is 3.83. The molecular formula is C16H15BrN4O3S. The molecule has 9 heteroatoms.